The average Bonchev–Trinajstić information content (AvgIpc) is 3.95. The van der Waals surface area contributed by atoms with Crippen LogP contribution in [0.25, 0.3) is 21.5 Å². The molecule has 0 saturated heterocycles. The van der Waals surface area contributed by atoms with Gasteiger partial charge in [0.25, 0.3) is 5.91 Å². The van der Waals surface area contributed by atoms with Crippen LogP contribution in [0.2, 0.25) is 0 Å². The molecule has 4 aromatic rings. The fourth-order valence-corrected chi connectivity index (χ4v) is 6.55. The number of alkyl halides is 3. The molecule has 0 spiro atoms. The van der Waals surface area contributed by atoms with Gasteiger partial charge in [0.15, 0.2) is 0 Å². The first-order chi connectivity index (χ1) is 21.8. The number of carbonyl (C=O) groups is 2. The minimum absolute atomic E-state index is 0.0147. The number of nitrogens with two attached hydrogens (primary N) is 1. The van der Waals surface area contributed by atoms with Gasteiger partial charge in [0.1, 0.15) is 40.5 Å². The van der Waals surface area contributed by atoms with Crippen molar-refractivity contribution in [2.75, 3.05) is 13.2 Å². The van der Waals surface area contributed by atoms with Crippen LogP contribution >= 0.6 is 11.3 Å². The number of hydrogen-bond donors (Lipinski definition) is 3. The second-order valence-corrected chi connectivity index (χ2v) is 13.3. The van der Waals surface area contributed by atoms with Gasteiger partial charge in [0.2, 0.25) is 11.5 Å². The molecule has 0 bridgehead atoms. The van der Waals surface area contributed by atoms with E-state index in [1.54, 1.807) is 6.07 Å². The molecule has 2 amide bonds. The third kappa shape index (κ3) is 5.22. The molecule has 7 rings (SSSR count). The topological polar surface area (TPSA) is 137 Å². The molecule has 3 aliphatic rings. The summed E-state index contributed by atoms with van der Waals surface area (Å²) in [5.74, 6) is -1.63. The Balaban J connectivity index is 1.26. The van der Waals surface area contributed by atoms with Crippen LogP contribution in [0.15, 0.2) is 42.5 Å². The van der Waals surface area contributed by atoms with Crippen LogP contribution < -0.4 is 20.5 Å². The van der Waals surface area contributed by atoms with E-state index < -0.39 is 47.1 Å². The van der Waals surface area contributed by atoms with E-state index >= 15 is 0 Å². The summed E-state index contributed by atoms with van der Waals surface area (Å²) in [7, 11) is 0. The number of fused-ring (bicyclic) bond motifs is 2. The molecule has 1 aliphatic heterocycles. The van der Waals surface area contributed by atoms with E-state index in [-0.39, 0.29) is 40.8 Å². The van der Waals surface area contributed by atoms with E-state index in [1.165, 1.54) is 36.5 Å². The first-order valence-electron chi connectivity index (χ1n) is 14.7. The van der Waals surface area contributed by atoms with Crippen molar-refractivity contribution in [1.82, 2.24) is 15.3 Å². The molecule has 4 N–H and O–H groups in total. The van der Waals surface area contributed by atoms with E-state index in [4.69, 9.17) is 20.2 Å². The Hall–Kier alpha value is -4.30. The van der Waals surface area contributed by atoms with E-state index in [9.17, 15) is 32.3 Å². The maximum absolute atomic E-state index is 14.8. The Bertz CT molecular complexity index is 1890. The van der Waals surface area contributed by atoms with Crippen molar-refractivity contribution in [3.8, 4) is 22.8 Å². The molecule has 2 fully saturated rings. The van der Waals surface area contributed by atoms with Gasteiger partial charge in [-0.25, -0.2) is 14.4 Å². The molecule has 0 radical (unpaired) electrons. The molecule has 46 heavy (non-hydrogen) atoms. The van der Waals surface area contributed by atoms with Crippen LogP contribution in [0, 0.1) is 5.82 Å². The second-order valence-electron chi connectivity index (χ2n) is 12.2. The Labute approximate surface area is 263 Å². The van der Waals surface area contributed by atoms with Crippen LogP contribution in [0.3, 0.4) is 0 Å². The minimum atomic E-state index is -5.34. The highest BCUT2D eigenvalue weighted by molar-refractivity contribution is 7.18. The molecule has 2 aromatic carbocycles. The molecular formula is C32H28F4N4O5S. The lowest BCUT2D eigenvalue weighted by atomic mass is 9.81. The lowest BCUT2D eigenvalue weighted by Gasteiger charge is -2.31. The maximum Gasteiger partial charge on any atom is 0.424 e. The van der Waals surface area contributed by atoms with Gasteiger partial charge in [-0.1, -0.05) is 0 Å². The lowest BCUT2D eigenvalue weighted by molar-refractivity contribution is -0.265. The Morgan fingerprint density at radius 1 is 1.13 bits per heavy atom. The lowest BCUT2D eigenvalue weighted by Crippen LogP contribution is -2.51. The third-order valence-electron chi connectivity index (χ3n) is 8.61. The average molecular weight is 657 g/mol. The van der Waals surface area contributed by atoms with Gasteiger partial charge in [-0.2, -0.15) is 13.2 Å². The van der Waals surface area contributed by atoms with Crippen molar-refractivity contribution in [1.29, 1.82) is 0 Å². The van der Waals surface area contributed by atoms with Gasteiger partial charge < -0.3 is 25.6 Å². The Kier molecular flexibility index (Phi) is 7.01. The zero-order valence-electron chi connectivity index (χ0n) is 24.4. The van der Waals surface area contributed by atoms with Crippen molar-refractivity contribution in [2.24, 2.45) is 5.73 Å². The maximum atomic E-state index is 14.8. The molecule has 240 valence electrons. The van der Waals surface area contributed by atoms with Gasteiger partial charge in [-0.15, -0.1) is 11.3 Å². The first kappa shape index (κ1) is 30.4. The predicted octanol–water partition coefficient (Wildman–Crippen LogP) is 5.23. The smallest absolute Gasteiger partial charge is 0.424 e. The number of hydrogen-bond acceptors (Lipinski definition) is 8. The summed E-state index contributed by atoms with van der Waals surface area (Å²) >= 11 is 1.42. The number of pyridine rings is 1. The molecule has 0 unspecified atom stereocenters. The SMILES string of the molecule is C[C@]1(C(N)=O)COc2c1cc([C@@](O)(CNC(=O)c1cc(OC3CC3)c3nc(C4CC4)sc3c1)C(F)(F)F)nc2-c1ccc(F)cc1. The number of aliphatic hydroxyl groups is 1. The van der Waals surface area contributed by atoms with Gasteiger partial charge >= 0.3 is 6.18 Å². The summed E-state index contributed by atoms with van der Waals surface area (Å²) in [5, 5.41) is 14.5. The zero-order valence-corrected chi connectivity index (χ0v) is 25.2. The summed E-state index contributed by atoms with van der Waals surface area (Å²) in [5.41, 5.74) is 0.0982. The first-order valence-corrected chi connectivity index (χ1v) is 15.5. The van der Waals surface area contributed by atoms with Crippen LogP contribution in [-0.2, 0) is 15.8 Å². The van der Waals surface area contributed by atoms with Gasteiger partial charge in [-0.3, -0.25) is 9.59 Å². The fraction of sp³-hybridized carbons (Fsp3) is 0.375. The third-order valence-corrected chi connectivity index (χ3v) is 9.78. The second kappa shape index (κ2) is 10.6. The highest BCUT2D eigenvalue weighted by Gasteiger charge is 2.57. The van der Waals surface area contributed by atoms with Crippen LogP contribution in [0.4, 0.5) is 17.6 Å². The summed E-state index contributed by atoms with van der Waals surface area (Å²) in [6.07, 6.45) is -1.61. The number of nitrogens with one attached hydrogen (secondary N) is 1. The number of nitrogens with zero attached hydrogens (tertiary/aromatic N) is 2. The molecule has 9 nitrogen and oxygen atoms in total. The number of thiazole rings is 1. The number of halogens is 4. The number of amides is 2. The summed E-state index contributed by atoms with van der Waals surface area (Å²) in [6, 6.07) is 8.66. The van der Waals surface area contributed by atoms with Gasteiger partial charge in [0, 0.05) is 22.6 Å². The van der Waals surface area contributed by atoms with Gasteiger partial charge in [0.05, 0.1) is 28.1 Å². The summed E-state index contributed by atoms with van der Waals surface area (Å²) in [4.78, 5) is 34.7. The summed E-state index contributed by atoms with van der Waals surface area (Å²) in [6.45, 7) is -0.198. The molecule has 2 aliphatic carbocycles. The standard InChI is InChI=1S/C32H28F4N4O5S/c1-30(29(37)42)14-44-26-20(30)12-23(39-24(26)15-4-6-18(33)7-5-15)31(43,32(34,35)36)13-38-27(41)17-10-21(45-19-8-9-19)25-22(11-17)46-28(40-25)16-2-3-16/h4-7,10-12,16,19,43H,2-3,8-9,13-14H2,1H3,(H2,37,42)(H,38,41)/t30-,31-/m0/s1. The van der Waals surface area contributed by atoms with Crippen molar-refractivity contribution in [3.63, 3.8) is 0 Å². The molecule has 2 aromatic heterocycles. The number of rotatable bonds is 9. The Morgan fingerprint density at radius 3 is 2.48 bits per heavy atom. The van der Waals surface area contributed by atoms with Crippen molar-refractivity contribution in [2.45, 2.75) is 61.8 Å². The molecular weight excluding hydrogens is 628 g/mol. The monoisotopic (exact) mass is 656 g/mol. The molecule has 14 heteroatoms. The summed E-state index contributed by atoms with van der Waals surface area (Å²) < 4.78 is 70.5. The zero-order chi connectivity index (χ0) is 32.6. The van der Waals surface area contributed by atoms with Gasteiger partial charge in [-0.05, 0) is 75.1 Å². The quantitative estimate of drug-likeness (QED) is 0.210. The van der Waals surface area contributed by atoms with Crippen molar-refractivity contribution >= 4 is 33.4 Å². The Morgan fingerprint density at radius 2 is 1.85 bits per heavy atom. The van der Waals surface area contributed by atoms with E-state index in [1.807, 2.05) is 0 Å². The molecule has 2 atom stereocenters. The number of primary amides is 1. The van der Waals surface area contributed by atoms with Crippen molar-refractivity contribution in [3.05, 3.63) is 70.1 Å². The minimum Gasteiger partial charge on any atom is -0.489 e. The normalized spacial score (nSPS) is 20.6. The van der Waals surface area contributed by atoms with E-state index in [0.717, 1.165) is 48.9 Å². The van der Waals surface area contributed by atoms with Crippen LogP contribution in [-0.4, -0.2) is 52.3 Å². The number of aromatic nitrogens is 2. The van der Waals surface area contributed by atoms with Crippen LogP contribution in [0.5, 0.6) is 11.5 Å². The van der Waals surface area contributed by atoms with Crippen LogP contribution in [0.1, 0.15) is 65.1 Å². The largest absolute Gasteiger partial charge is 0.489 e. The predicted molar refractivity (Wildman–Crippen MR) is 159 cm³/mol. The fourth-order valence-electron chi connectivity index (χ4n) is 5.36. The highest BCUT2D eigenvalue weighted by Crippen LogP contribution is 2.48. The molecule has 3 heterocycles. The molecule has 2 saturated carbocycles. The highest BCUT2D eigenvalue weighted by atomic mass is 32.1. The van der Waals surface area contributed by atoms with Crippen molar-refractivity contribution < 1.29 is 41.7 Å². The van der Waals surface area contributed by atoms with E-state index in [2.05, 4.69) is 10.3 Å². The number of ether oxygens (including phenoxy) is 2. The number of benzene rings is 2. The van der Waals surface area contributed by atoms with E-state index in [0.29, 0.717) is 21.9 Å². The number of carbonyl (C=O) groups excluding carboxylic acids is 2.